The maximum atomic E-state index is 13.5. The van der Waals surface area contributed by atoms with Gasteiger partial charge in [0.25, 0.3) is 0 Å². The van der Waals surface area contributed by atoms with Gasteiger partial charge in [-0.05, 0) is 36.8 Å². The van der Waals surface area contributed by atoms with Crippen LogP contribution in [0.1, 0.15) is 30.1 Å². The van der Waals surface area contributed by atoms with Gasteiger partial charge in [-0.2, -0.15) is 13.2 Å². The zero-order chi connectivity index (χ0) is 23.2. The van der Waals surface area contributed by atoms with Gasteiger partial charge < -0.3 is 14.4 Å². The Bertz CT molecular complexity index is 917. The third-order valence-corrected chi connectivity index (χ3v) is 4.41. The van der Waals surface area contributed by atoms with Gasteiger partial charge in [0.05, 0.1) is 12.2 Å². The summed E-state index contributed by atoms with van der Waals surface area (Å²) in [5.41, 5.74) is -1.24. The molecule has 0 aliphatic carbocycles. The summed E-state index contributed by atoms with van der Waals surface area (Å²) in [6.45, 7) is -0.0942. The van der Waals surface area contributed by atoms with Crippen LogP contribution in [0.3, 0.4) is 0 Å². The largest absolute Gasteiger partial charge is 0.474 e. The molecule has 2 rings (SSSR count). The fourth-order valence-corrected chi connectivity index (χ4v) is 2.64. The van der Waals surface area contributed by atoms with Crippen LogP contribution in [0.15, 0.2) is 42.5 Å². The smallest absolute Gasteiger partial charge is 0.419 e. The number of esters is 1. The van der Waals surface area contributed by atoms with Crippen molar-refractivity contribution in [1.29, 1.82) is 0 Å². The summed E-state index contributed by atoms with van der Waals surface area (Å²) in [4.78, 5) is 25.6. The molecule has 1 atom stereocenters. The summed E-state index contributed by atoms with van der Waals surface area (Å²) in [6, 6.07) is 7.92. The summed E-state index contributed by atoms with van der Waals surface area (Å²) in [7, 11) is 3.19. The lowest BCUT2D eigenvalue weighted by Crippen LogP contribution is -2.24. The number of nitrogens with zero attached hydrogens (tertiary/aromatic N) is 1. The Kier molecular flexibility index (Phi) is 8.27. The Morgan fingerprint density at radius 2 is 1.74 bits per heavy atom. The van der Waals surface area contributed by atoms with Crippen LogP contribution in [-0.2, 0) is 20.5 Å². The van der Waals surface area contributed by atoms with Crippen LogP contribution in [-0.4, -0.2) is 37.5 Å². The molecular formula is C21H20ClF4NO4. The van der Waals surface area contributed by atoms with Crippen molar-refractivity contribution in [2.45, 2.75) is 25.1 Å². The van der Waals surface area contributed by atoms with Gasteiger partial charge in [0.2, 0.25) is 12.0 Å². The van der Waals surface area contributed by atoms with Crippen LogP contribution in [0, 0.1) is 5.82 Å². The first-order chi connectivity index (χ1) is 14.5. The van der Waals surface area contributed by atoms with E-state index in [1.54, 1.807) is 14.1 Å². The minimum atomic E-state index is -4.93. The van der Waals surface area contributed by atoms with Crippen molar-refractivity contribution in [3.05, 3.63) is 64.4 Å². The summed E-state index contributed by atoms with van der Waals surface area (Å²) in [5.74, 6) is -2.85. The molecule has 0 heterocycles. The monoisotopic (exact) mass is 461 g/mol. The maximum Gasteiger partial charge on any atom is 0.419 e. The molecule has 0 radical (unpaired) electrons. The van der Waals surface area contributed by atoms with Gasteiger partial charge in [0.1, 0.15) is 11.6 Å². The van der Waals surface area contributed by atoms with Gasteiger partial charge >= 0.3 is 12.1 Å². The molecule has 0 saturated heterocycles. The van der Waals surface area contributed by atoms with Gasteiger partial charge in [-0.1, -0.05) is 23.7 Å². The van der Waals surface area contributed by atoms with Gasteiger partial charge in [-0.3, -0.25) is 4.79 Å². The summed E-state index contributed by atoms with van der Waals surface area (Å²) in [5, 5.41) is 0.374. The Labute approximate surface area is 181 Å². The van der Waals surface area contributed by atoms with E-state index in [1.807, 2.05) is 0 Å². The molecule has 0 fully saturated rings. The van der Waals surface area contributed by atoms with Crippen molar-refractivity contribution in [3.63, 3.8) is 0 Å². The second-order valence-electron chi connectivity index (χ2n) is 6.75. The first-order valence-electron chi connectivity index (χ1n) is 9.14. The predicted octanol–water partition coefficient (Wildman–Crippen LogP) is 5.03. The van der Waals surface area contributed by atoms with Crippen molar-refractivity contribution in [2.75, 3.05) is 20.7 Å². The molecule has 0 aromatic heterocycles. The zero-order valence-corrected chi connectivity index (χ0v) is 17.5. The van der Waals surface area contributed by atoms with E-state index in [2.05, 4.69) is 0 Å². The molecule has 0 saturated carbocycles. The van der Waals surface area contributed by atoms with Crippen molar-refractivity contribution in [2.24, 2.45) is 0 Å². The Hall–Kier alpha value is -2.81. The van der Waals surface area contributed by atoms with Crippen LogP contribution in [0.4, 0.5) is 17.6 Å². The zero-order valence-electron chi connectivity index (χ0n) is 16.7. The average molecular weight is 462 g/mol. The highest BCUT2D eigenvalue weighted by atomic mass is 35.5. The van der Waals surface area contributed by atoms with Crippen molar-refractivity contribution in [3.8, 4) is 5.75 Å². The van der Waals surface area contributed by atoms with Crippen LogP contribution in [0.2, 0.25) is 5.02 Å². The van der Waals surface area contributed by atoms with Crippen molar-refractivity contribution < 1.29 is 36.6 Å². The second-order valence-corrected chi connectivity index (χ2v) is 7.18. The fraction of sp³-hybridized carbons (Fsp3) is 0.333. The number of rotatable bonds is 8. The van der Waals surface area contributed by atoms with Crippen LogP contribution in [0.25, 0.3) is 0 Å². The number of benzene rings is 2. The highest BCUT2D eigenvalue weighted by molar-refractivity contribution is 6.30. The Balaban J connectivity index is 2.19. The van der Waals surface area contributed by atoms with Crippen molar-refractivity contribution in [1.82, 2.24) is 4.90 Å². The molecule has 2 aromatic carbocycles. The number of amides is 1. The number of hydrogen-bond donors (Lipinski definition) is 0. The molecule has 0 spiro atoms. The number of hydrogen-bond acceptors (Lipinski definition) is 4. The number of carbonyl (C=O) groups is 2. The summed E-state index contributed by atoms with van der Waals surface area (Å²) in [6.07, 6.45) is -5.95. The van der Waals surface area contributed by atoms with E-state index in [1.165, 1.54) is 29.2 Å². The van der Waals surface area contributed by atoms with Crippen LogP contribution in [0.5, 0.6) is 5.75 Å². The molecule has 0 aliphatic rings. The lowest BCUT2D eigenvalue weighted by Gasteiger charge is -2.19. The molecule has 1 unspecified atom stereocenters. The second kappa shape index (κ2) is 10.5. The highest BCUT2D eigenvalue weighted by Gasteiger charge is 2.35. The van der Waals surface area contributed by atoms with E-state index in [0.717, 1.165) is 6.07 Å². The molecule has 10 heteroatoms. The molecular weight excluding hydrogens is 442 g/mol. The first-order valence-corrected chi connectivity index (χ1v) is 9.52. The lowest BCUT2D eigenvalue weighted by atomic mass is 10.1. The number of ether oxygens (including phenoxy) is 2. The molecule has 5 nitrogen and oxygen atoms in total. The molecule has 0 aliphatic heterocycles. The molecule has 0 bridgehead atoms. The minimum Gasteiger partial charge on any atom is -0.474 e. The van der Waals surface area contributed by atoms with Gasteiger partial charge in [0.15, 0.2) is 0 Å². The maximum absolute atomic E-state index is 13.5. The third-order valence-electron chi connectivity index (χ3n) is 4.16. The van der Waals surface area contributed by atoms with Gasteiger partial charge in [-0.25, -0.2) is 9.18 Å². The highest BCUT2D eigenvalue weighted by Crippen LogP contribution is 2.35. The topological polar surface area (TPSA) is 55.8 Å². The molecule has 168 valence electrons. The fourth-order valence-electron chi connectivity index (χ4n) is 2.52. The van der Waals surface area contributed by atoms with E-state index in [9.17, 15) is 27.2 Å². The molecule has 31 heavy (non-hydrogen) atoms. The van der Waals surface area contributed by atoms with Crippen LogP contribution >= 0.6 is 11.6 Å². The quantitative estimate of drug-likeness (QED) is 0.314. The summed E-state index contributed by atoms with van der Waals surface area (Å²) >= 11 is 5.84. The van der Waals surface area contributed by atoms with Gasteiger partial charge in [0, 0.05) is 31.1 Å². The normalized spacial score (nSPS) is 12.2. The van der Waals surface area contributed by atoms with E-state index >= 15 is 0 Å². The van der Waals surface area contributed by atoms with E-state index in [4.69, 9.17) is 21.1 Å². The molecule has 0 N–H and O–H groups in total. The Morgan fingerprint density at radius 1 is 1.10 bits per heavy atom. The third kappa shape index (κ3) is 7.13. The number of alkyl halides is 3. The predicted molar refractivity (Wildman–Crippen MR) is 105 cm³/mol. The number of carbonyl (C=O) groups excluding carboxylic acids is 2. The Morgan fingerprint density at radius 3 is 2.32 bits per heavy atom. The summed E-state index contributed by atoms with van der Waals surface area (Å²) < 4.78 is 63.1. The van der Waals surface area contributed by atoms with E-state index in [-0.39, 0.29) is 36.7 Å². The SMILES string of the molecule is CN(C)C(=O)CCCOC(=O)C(Oc1ccc(F)c(C(F)(F)F)c1)c1ccc(Cl)cc1. The van der Waals surface area contributed by atoms with E-state index in [0.29, 0.717) is 17.2 Å². The molecule has 1 amide bonds. The van der Waals surface area contributed by atoms with Crippen molar-refractivity contribution >= 4 is 23.5 Å². The number of halogens is 5. The lowest BCUT2D eigenvalue weighted by molar-refractivity contribution is -0.153. The average Bonchev–Trinajstić information content (AvgIpc) is 2.70. The van der Waals surface area contributed by atoms with E-state index < -0.39 is 29.6 Å². The standard InChI is InChI=1S/C21H20ClF4NO4/c1-27(2)18(28)4-3-11-30-20(29)19(13-5-7-14(22)8-6-13)31-15-9-10-17(23)16(12-15)21(24,25)26/h5-10,12,19H,3-4,11H2,1-2H3. The molecule has 2 aromatic rings. The first kappa shape index (κ1) is 24.5. The van der Waals surface area contributed by atoms with Crippen LogP contribution < -0.4 is 4.74 Å². The minimum absolute atomic E-state index is 0.0942. The van der Waals surface area contributed by atoms with Gasteiger partial charge in [-0.15, -0.1) is 0 Å².